The smallest absolute Gasteiger partial charge is 0.344 e. The molecule has 90 valence electrons. The molecule has 17 heavy (non-hydrogen) atoms. The van der Waals surface area contributed by atoms with E-state index in [0.717, 1.165) is 0 Å². The van der Waals surface area contributed by atoms with E-state index in [1.807, 2.05) is 0 Å². The molecule has 2 atom stereocenters. The first kappa shape index (κ1) is 11.3. The zero-order valence-electron chi connectivity index (χ0n) is 8.25. The molecule has 0 saturated heterocycles. The van der Waals surface area contributed by atoms with E-state index in [2.05, 4.69) is 14.5 Å². The van der Waals surface area contributed by atoms with Crippen molar-refractivity contribution in [2.75, 3.05) is 0 Å². The van der Waals surface area contributed by atoms with Gasteiger partial charge in [-0.05, 0) is 0 Å². The molecule has 0 aliphatic carbocycles. The third-order valence-electron chi connectivity index (χ3n) is 2.07. The summed E-state index contributed by atoms with van der Waals surface area (Å²) in [4.78, 5) is 36.0. The zero-order chi connectivity index (χ0) is 12.6. The van der Waals surface area contributed by atoms with Crippen LogP contribution >= 0.6 is 0 Å². The van der Waals surface area contributed by atoms with E-state index in [1.54, 1.807) is 0 Å². The Bertz CT molecular complexity index is 534. The number of pyridine rings is 1. The topological polar surface area (TPSA) is 126 Å². The lowest BCUT2D eigenvalue weighted by molar-refractivity contribution is -0.164. The average molecular weight is 241 g/mol. The molecule has 2 heterocycles. The number of H-pyrrole nitrogens is 1. The van der Waals surface area contributed by atoms with Gasteiger partial charge in [-0.1, -0.05) is 0 Å². The van der Waals surface area contributed by atoms with E-state index in [1.165, 1.54) is 12.3 Å². The highest BCUT2D eigenvalue weighted by atomic mass is 16.6. The quantitative estimate of drug-likeness (QED) is 0.445. The Kier molecular flexibility index (Phi) is 2.66. The second kappa shape index (κ2) is 4.00. The van der Waals surface area contributed by atoms with Crippen LogP contribution in [-0.2, 0) is 9.59 Å². The first-order valence-corrected chi connectivity index (χ1v) is 4.52. The molecule has 3 N–H and O–H groups in total. The van der Waals surface area contributed by atoms with Crippen molar-refractivity contribution in [1.29, 1.82) is 0 Å². The van der Waals surface area contributed by atoms with Crippen LogP contribution in [0, 0.1) is 0 Å². The molecular weight excluding hydrogens is 234 g/mol. The lowest BCUT2D eigenvalue weighted by Gasteiger charge is -2.19. The third kappa shape index (κ3) is 1.90. The van der Waals surface area contributed by atoms with Crippen LogP contribution < -0.4 is 15.0 Å². The van der Waals surface area contributed by atoms with E-state index in [0.29, 0.717) is 0 Å². The van der Waals surface area contributed by atoms with Gasteiger partial charge in [0.15, 0.2) is 18.0 Å². The molecule has 1 aromatic rings. The largest absolute Gasteiger partial charge is 0.420 e. The molecule has 2 unspecified atom stereocenters. The van der Waals surface area contributed by atoms with Gasteiger partial charge in [-0.2, -0.15) is 0 Å². The number of aliphatic hydroxyl groups excluding tert-OH is 2. The van der Waals surface area contributed by atoms with E-state index in [9.17, 15) is 24.6 Å². The lowest BCUT2D eigenvalue weighted by atomic mass is 10.2. The molecule has 2 rings (SSSR count). The van der Waals surface area contributed by atoms with Gasteiger partial charge in [0.2, 0.25) is 5.75 Å². The maximum absolute atomic E-state index is 11.3. The summed E-state index contributed by atoms with van der Waals surface area (Å²) in [5.41, 5.74) is -0.799. The number of aliphatic hydroxyl groups is 2. The van der Waals surface area contributed by atoms with Crippen molar-refractivity contribution in [2.24, 2.45) is 0 Å². The molecule has 0 radical (unpaired) electrons. The number of rotatable bonds is 0. The number of fused-ring (bicyclic) bond motifs is 1. The second-order valence-corrected chi connectivity index (χ2v) is 3.23. The van der Waals surface area contributed by atoms with Crippen LogP contribution in [-0.4, -0.2) is 39.3 Å². The SMILES string of the molecule is O=C1Oc2cc[nH]c(=O)c2OC(=O)C(O)C1O. The van der Waals surface area contributed by atoms with Crippen LogP contribution in [0.5, 0.6) is 11.5 Å². The normalized spacial score (nSPS) is 24.1. The van der Waals surface area contributed by atoms with Crippen LogP contribution in [0.15, 0.2) is 17.1 Å². The molecule has 8 nitrogen and oxygen atoms in total. The number of aromatic nitrogens is 1. The minimum Gasteiger partial charge on any atom is -0.420 e. The number of hydrogen-bond acceptors (Lipinski definition) is 7. The molecule has 1 aliphatic heterocycles. The zero-order valence-corrected chi connectivity index (χ0v) is 8.25. The van der Waals surface area contributed by atoms with Crippen molar-refractivity contribution in [3.63, 3.8) is 0 Å². The van der Waals surface area contributed by atoms with Crippen molar-refractivity contribution in [2.45, 2.75) is 12.2 Å². The third-order valence-corrected chi connectivity index (χ3v) is 2.07. The van der Waals surface area contributed by atoms with E-state index >= 15 is 0 Å². The monoisotopic (exact) mass is 241 g/mol. The predicted octanol–water partition coefficient (Wildman–Crippen LogP) is -2.08. The fourth-order valence-corrected chi connectivity index (χ4v) is 1.21. The summed E-state index contributed by atoms with van der Waals surface area (Å²) in [5, 5.41) is 18.4. The standard InChI is InChI=1S/C9H7NO7/c11-4-5(12)9(15)17-6-3(16-8(4)14)1-2-10-7(6)13/h1-2,4-5,11-12H,(H,10,13). The van der Waals surface area contributed by atoms with Crippen molar-refractivity contribution in [3.8, 4) is 11.5 Å². The van der Waals surface area contributed by atoms with Crippen LogP contribution in [0.1, 0.15) is 0 Å². The summed E-state index contributed by atoms with van der Waals surface area (Å²) in [7, 11) is 0. The van der Waals surface area contributed by atoms with E-state index in [4.69, 9.17) is 0 Å². The Morgan fingerprint density at radius 1 is 1.06 bits per heavy atom. The van der Waals surface area contributed by atoms with Crippen LogP contribution in [0.25, 0.3) is 0 Å². The molecule has 0 aromatic carbocycles. The molecule has 0 fully saturated rings. The molecular formula is C9H7NO7. The van der Waals surface area contributed by atoms with Gasteiger partial charge in [-0.25, -0.2) is 9.59 Å². The van der Waals surface area contributed by atoms with Crippen LogP contribution in [0.2, 0.25) is 0 Å². The fraction of sp³-hybridized carbons (Fsp3) is 0.222. The number of aromatic amines is 1. The first-order valence-electron chi connectivity index (χ1n) is 4.52. The van der Waals surface area contributed by atoms with Gasteiger partial charge in [0.1, 0.15) is 0 Å². The second-order valence-electron chi connectivity index (χ2n) is 3.23. The van der Waals surface area contributed by atoms with Crippen LogP contribution in [0.4, 0.5) is 0 Å². The molecule has 0 saturated carbocycles. The number of esters is 2. The molecule has 0 bridgehead atoms. The first-order chi connectivity index (χ1) is 8.00. The summed E-state index contributed by atoms with van der Waals surface area (Å²) >= 11 is 0. The maximum atomic E-state index is 11.3. The summed E-state index contributed by atoms with van der Waals surface area (Å²) in [6.07, 6.45) is -2.99. The Morgan fingerprint density at radius 2 is 1.65 bits per heavy atom. The van der Waals surface area contributed by atoms with Crippen molar-refractivity contribution < 1.29 is 29.3 Å². The van der Waals surface area contributed by atoms with Gasteiger partial charge in [-0.15, -0.1) is 0 Å². The Balaban J connectivity index is 2.53. The van der Waals surface area contributed by atoms with Gasteiger partial charge in [0, 0.05) is 12.3 Å². The number of hydrogen-bond donors (Lipinski definition) is 3. The lowest BCUT2D eigenvalue weighted by Crippen LogP contribution is -2.45. The van der Waals surface area contributed by atoms with Crippen molar-refractivity contribution in [3.05, 3.63) is 22.6 Å². The fourth-order valence-electron chi connectivity index (χ4n) is 1.21. The Hall–Kier alpha value is -2.19. The number of carbonyl (C=O) groups excluding carboxylic acids is 2. The number of carbonyl (C=O) groups is 2. The van der Waals surface area contributed by atoms with Crippen LogP contribution in [0.3, 0.4) is 0 Å². The molecule has 1 aliphatic rings. The maximum Gasteiger partial charge on any atom is 0.344 e. The highest BCUT2D eigenvalue weighted by Crippen LogP contribution is 2.24. The summed E-state index contributed by atoms with van der Waals surface area (Å²) in [6, 6.07) is 1.17. The molecule has 1 aromatic heterocycles. The molecule has 0 spiro atoms. The molecule has 0 amide bonds. The average Bonchev–Trinajstić information content (AvgIpc) is 2.30. The number of ether oxygens (including phenoxy) is 2. The minimum absolute atomic E-state index is 0.307. The highest BCUT2D eigenvalue weighted by Gasteiger charge is 2.37. The summed E-state index contributed by atoms with van der Waals surface area (Å²) in [6.45, 7) is 0. The summed E-state index contributed by atoms with van der Waals surface area (Å²) in [5.74, 6) is -3.41. The minimum atomic E-state index is -2.10. The summed E-state index contributed by atoms with van der Waals surface area (Å²) < 4.78 is 9.13. The Labute approximate surface area is 93.4 Å². The van der Waals surface area contributed by atoms with Gasteiger partial charge < -0.3 is 24.7 Å². The predicted molar refractivity (Wildman–Crippen MR) is 50.3 cm³/mol. The van der Waals surface area contributed by atoms with E-state index in [-0.39, 0.29) is 5.75 Å². The highest BCUT2D eigenvalue weighted by molar-refractivity contribution is 5.89. The number of nitrogens with one attached hydrogen (secondary N) is 1. The van der Waals surface area contributed by atoms with Crippen molar-refractivity contribution in [1.82, 2.24) is 4.98 Å². The van der Waals surface area contributed by atoms with Gasteiger partial charge >= 0.3 is 11.9 Å². The van der Waals surface area contributed by atoms with Gasteiger partial charge in [-0.3, -0.25) is 4.79 Å². The van der Waals surface area contributed by atoms with Gasteiger partial charge in [0.25, 0.3) is 5.56 Å². The van der Waals surface area contributed by atoms with Gasteiger partial charge in [0.05, 0.1) is 0 Å². The Morgan fingerprint density at radius 3 is 2.29 bits per heavy atom. The van der Waals surface area contributed by atoms with E-state index < -0.39 is 35.5 Å². The molecule has 8 heteroatoms. The van der Waals surface area contributed by atoms with Crippen molar-refractivity contribution >= 4 is 11.9 Å².